The van der Waals surface area contributed by atoms with Crippen LogP contribution < -0.4 is 0 Å². The van der Waals surface area contributed by atoms with Gasteiger partial charge in [-0.25, -0.2) is 0 Å². The highest BCUT2D eigenvalue weighted by atomic mass is 32.2. The molecule has 0 amide bonds. The number of thiocarbonyl (C=S) groups is 1. The maximum absolute atomic E-state index is 11.3. The number of hydrogen-bond donors (Lipinski definition) is 0. The second kappa shape index (κ2) is 17.7. The van der Waals surface area contributed by atoms with Crippen LogP contribution in [-0.2, 0) is 19.1 Å². The molecule has 0 saturated carbocycles. The minimum atomic E-state index is -0.0441. The van der Waals surface area contributed by atoms with Gasteiger partial charge in [-0.3, -0.25) is 9.59 Å². The van der Waals surface area contributed by atoms with Gasteiger partial charge in [0.25, 0.3) is 0 Å². The molecule has 0 rings (SSSR count). The lowest BCUT2D eigenvalue weighted by Gasteiger charge is -2.15. The van der Waals surface area contributed by atoms with Crippen molar-refractivity contribution in [2.75, 3.05) is 12.4 Å². The normalized spacial score (nSPS) is 11.8. The second-order valence-corrected chi connectivity index (χ2v) is 9.88. The predicted molar refractivity (Wildman–Crippen MR) is 121 cm³/mol. The third kappa shape index (κ3) is 20.2. The highest BCUT2D eigenvalue weighted by molar-refractivity contribution is 8.17. The van der Waals surface area contributed by atoms with Crippen LogP contribution in [0.5, 0.6) is 0 Å². The van der Waals surface area contributed by atoms with E-state index in [-0.39, 0.29) is 21.3 Å². The summed E-state index contributed by atoms with van der Waals surface area (Å²) in [4.78, 5) is 33.2. The quantitative estimate of drug-likeness (QED) is 0.226. The van der Waals surface area contributed by atoms with Gasteiger partial charge >= 0.3 is 0 Å². The van der Waals surface area contributed by atoms with E-state index in [0.717, 1.165) is 38.5 Å². The van der Waals surface area contributed by atoms with Gasteiger partial charge in [-0.15, -0.1) is 0 Å². The van der Waals surface area contributed by atoms with E-state index in [9.17, 15) is 14.4 Å². The lowest BCUT2D eigenvalue weighted by atomic mass is 10.1. The van der Waals surface area contributed by atoms with Gasteiger partial charge in [0.05, 0.1) is 5.25 Å². The highest BCUT2D eigenvalue weighted by Gasteiger charge is 2.15. The first-order valence-corrected chi connectivity index (χ1v) is 12.0. The molecule has 0 aliphatic rings. The van der Waals surface area contributed by atoms with E-state index in [2.05, 4.69) is 0 Å². The molecule has 27 heavy (non-hydrogen) atoms. The summed E-state index contributed by atoms with van der Waals surface area (Å²) < 4.78 is 5.63. The first-order valence-electron chi connectivity index (χ1n) is 9.77. The maximum Gasteiger partial charge on any atom is 0.186 e. The Morgan fingerprint density at radius 1 is 0.815 bits per heavy atom. The number of rotatable bonds is 16. The summed E-state index contributed by atoms with van der Waals surface area (Å²) in [6.45, 7) is 5.08. The van der Waals surface area contributed by atoms with Crippen LogP contribution in [0.1, 0.15) is 85.0 Å². The summed E-state index contributed by atoms with van der Waals surface area (Å²) in [7, 11) is 0. The molecular weight excluding hydrogens is 400 g/mol. The molecule has 0 bridgehead atoms. The molecule has 7 heteroatoms. The molecule has 0 aromatic heterocycles. The zero-order valence-corrected chi connectivity index (χ0v) is 19.4. The van der Waals surface area contributed by atoms with Crippen LogP contribution in [0, 0.1) is 0 Å². The molecule has 0 aromatic rings. The number of hydrogen-bond acceptors (Lipinski definition) is 7. The van der Waals surface area contributed by atoms with E-state index in [1.54, 1.807) is 6.92 Å². The number of thioether (sulfide) groups is 2. The third-order valence-electron chi connectivity index (χ3n) is 3.90. The number of unbranched alkanes of at least 4 members (excludes halogenated alkanes) is 7. The number of carbonyl (C=O) groups excluding carboxylic acids is 3. The van der Waals surface area contributed by atoms with Crippen LogP contribution in [-0.4, -0.2) is 38.7 Å². The molecule has 0 radical (unpaired) electrons. The third-order valence-corrected chi connectivity index (χ3v) is 6.37. The molecule has 0 spiro atoms. The molecule has 0 N–H and O–H groups in total. The SMILES string of the molecule is CC(=O)CCCCCCCCCCC(=S)OCC(CSC(C)=O)SC(C)=O. The smallest absolute Gasteiger partial charge is 0.186 e. The lowest BCUT2D eigenvalue weighted by Crippen LogP contribution is -2.19. The molecule has 0 aliphatic heterocycles. The Morgan fingerprint density at radius 3 is 1.81 bits per heavy atom. The Bertz CT molecular complexity index is 466. The Hall–Kier alpha value is -0.400. The first kappa shape index (κ1) is 26.6. The van der Waals surface area contributed by atoms with Crippen molar-refractivity contribution in [2.45, 2.75) is 90.2 Å². The maximum atomic E-state index is 11.3. The molecule has 1 atom stereocenters. The van der Waals surface area contributed by atoms with E-state index in [4.69, 9.17) is 17.0 Å². The predicted octanol–water partition coefficient (Wildman–Crippen LogP) is 5.75. The molecule has 0 aromatic carbocycles. The van der Waals surface area contributed by atoms with Crippen LogP contribution in [0.15, 0.2) is 0 Å². The van der Waals surface area contributed by atoms with E-state index in [1.165, 1.54) is 63.1 Å². The van der Waals surface area contributed by atoms with Crippen molar-refractivity contribution in [2.24, 2.45) is 0 Å². The van der Waals surface area contributed by atoms with E-state index in [1.807, 2.05) is 0 Å². The van der Waals surface area contributed by atoms with Crippen molar-refractivity contribution < 1.29 is 19.1 Å². The van der Waals surface area contributed by atoms with Gasteiger partial charge in [-0.05, 0) is 32.0 Å². The van der Waals surface area contributed by atoms with Crippen molar-refractivity contribution >= 4 is 56.8 Å². The largest absolute Gasteiger partial charge is 0.486 e. The zero-order valence-electron chi connectivity index (χ0n) is 16.9. The van der Waals surface area contributed by atoms with Gasteiger partial charge in [0.1, 0.15) is 12.4 Å². The molecule has 4 nitrogen and oxygen atoms in total. The first-order chi connectivity index (χ1) is 12.8. The number of ketones is 1. The minimum Gasteiger partial charge on any atom is -0.486 e. The molecule has 1 unspecified atom stereocenters. The molecule has 0 saturated heterocycles. The summed E-state index contributed by atoms with van der Waals surface area (Å²) in [6.07, 6.45) is 10.7. The number of Topliss-reactive ketones (excluding diaryl/α,β-unsaturated/α-hetero) is 1. The van der Waals surface area contributed by atoms with Crippen LogP contribution in [0.25, 0.3) is 0 Å². The summed E-state index contributed by atoms with van der Waals surface area (Å²) >= 11 is 7.70. The fraction of sp³-hybridized carbons (Fsp3) is 0.800. The molecule has 0 aliphatic carbocycles. The number of ether oxygens (including phenoxy) is 1. The number of carbonyl (C=O) groups is 3. The van der Waals surface area contributed by atoms with Gasteiger partial charge in [-0.2, -0.15) is 0 Å². The summed E-state index contributed by atoms with van der Waals surface area (Å²) in [5.74, 6) is 0.853. The van der Waals surface area contributed by atoms with Crippen molar-refractivity contribution in [3.63, 3.8) is 0 Å². The second-order valence-electron chi connectivity index (χ2n) is 6.75. The van der Waals surface area contributed by atoms with Crippen molar-refractivity contribution in [1.82, 2.24) is 0 Å². The Morgan fingerprint density at radius 2 is 1.33 bits per heavy atom. The Balaban J connectivity index is 3.66. The molecule has 0 fully saturated rings. The van der Waals surface area contributed by atoms with Gasteiger partial charge in [0, 0.05) is 32.4 Å². The highest BCUT2D eigenvalue weighted by Crippen LogP contribution is 2.19. The average molecular weight is 435 g/mol. The van der Waals surface area contributed by atoms with Crippen LogP contribution >= 0.6 is 35.7 Å². The standard InChI is InChI=1S/C20H34O4S3/c1-16(21)12-10-8-6-4-5-7-9-11-13-20(25)24-14-19(27-18(3)23)15-26-17(2)22/h19H,4-15H2,1-3H3. The summed E-state index contributed by atoms with van der Waals surface area (Å²) in [5, 5.41) is 0.629. The Kier molecular flexibility index (Phi) is 17.4. The van der Waals surface area contributed by atoms with Crippen LogP contribution in [0.2, 0.25) is 0 Å². The van der Waals surface area contributed by atoms with E-state index >= 15 is 0 Å². The summed E-state index contributed by atoms with van der Waals surface area (Å²) in [5.41, 5.74) is 0. The fourth-order valence-corrected chi connectivity index (χ4v) is 4.33. The van der Waals surface area contributed by atoms with E-state index in [0.29, 0.717) is 17.4 Å². The Labute approximate surface area is 178 Å². The zero-order chi connectivity index (χ0) is 20.5. The molecule has 156 valence electrons. The van der Waals surface area contributed by atoms with Crippen molar-refractivity contribution in [3.05, 3.63) is 0 Å². The topological polar surface area (TPSA) is 60.4 Å². The fourth-order valence-electron chi connectivity index (χ4n) is 2.52. The minimum absolute atomic E-state index is 0.0277. The van der Waals surface area contributed by atoms with Gasteiger partial charge < -0.3 is 9.53 Å². The van der Waals surface area contributed by atoms with Gasteiger partial charge in [0.2, 0.25) is 0 Å². The summed E-state index contributed by atoms with van der Waals surface area (Å²) in [6, 6.07) is 0. The van der Waals surface area contributed by atoms with Gasteiger partial charge in [-0.1, -0.05) is 62.0 Å². The lowest BCUT2D eigenvalue weighted by molar-refractivity contribution is -0.117. The van der Waals surface area contributed by atoms with Crippen molar-refractivity contribution in [3.8, 4) is 0 Å². The van der Waals surface area contributed by atoms with Crippen LogP contribution in [0.3, 0.4) is 0 Å². The van der Waals surface area contributed by atoms with Gasteiger partial charge in [0.15, 0.2) is 15.3 Å². The van der Waals surface area contributed by atoms with Crippen molar-refractivity contribution in [1.29, 1.82) is 0 Å². The average Bonchev–Trinajstić information content (AvgIpc) is 2.58. The molecular formula is C20H34O4S3. The van der Waals surface area contributed by atoms with Crippen LogP contribution in [0.4, 0.5) is 0 Å². The van der Waals surface area contributed by atoms with E-state index < -0.39 is 0 Å². The molecule has 0 heterocycles. The monoisotopic (exact) mass is 434 g/mol.